The number of unbranched alkanes of at least 4 members (excludes halogenated alkanes) is 10. The summed E-state index contributed by atoms with van der Waals surface area (Å²) >= 11 is 7.38. The number of hydrogen-bond donors (Lipinski definition) is 1. The SMILES string of the molecule is CCCCCCCCOc1cc(-c2ccccc2)c(C2(O)c3cc(Br)ccc3-c3ccc(Br)cc32)cc1OCCCCCCCC. The van der Waals surface area contributed by atoms with E-state index in [2.05, 4.69) is 94.2 Å². The summed E-state index contributed by atoms with van der Waals surface area (Å²) in [5.41, 5.74) is 5.13. The molecule has 0 aromatic heterocycles. The number of fused-ring (bicyclic) bond motifs is 3. The van der Waals surface area contributed by atoms with Crippen molar-refractivity contribution in [3.63, 3.8) is 0 Å². The van der Waals surface area contributed by atoms with Crippen molar-refractivity contribution in [1.29, 1.82) is 0 Å². The van der Waals surface area contributed by atoms with Crippen LogP contribution in [0.25, 0.3) is 22.3 Å². The summed E-state index contributed by atoms with van der Waals surface area (Å²) in [6.45, 7) is 5.76. The van der Waals surface area contributed by atoms with Crippen molar-refractivity contribution in [2.75, 3.05) is 13.2 Å². The van der Waals surface area contributed by atoms with Crippen LogP contribution < -0.4 is 9.47 Å². The Kier molecular flexibility index (Phi) is 12.8. The Labute approximate surface area is 293 Å². The zero-order chi connectivity index (χ0) is 32.4. The van der Waals surface area contributed by atoms with Gasteiger partial charge in [-0.2, -0.15) is 0 Å². The molecule has 3 nitrogen and oxygen atoms in total. The minimum Gasteiger partial charge on any atom is -0.490 e. The molecule has 244 valence electrons. The fraction of sp³-hybridized carbons (Fsp3) is 0.415. The lowest BCUT2D eigenvalue weighted by atomic mass is 9.80. The molecule has 0 fully saturated rings. The van der Waals surface area contributed by atoms with Crippen LogP contribution >= 0.6 is 31.9 Å². The third kappa shape index (κ3) is 8.09. The van der Waals surface area contributed by atoms with Gasteiger partial charge < -0.3 is 14.6 Å². The Bertz CT molecular complexity index is 1510. The van der Waals surface area contributed by atoms with Gasteiger partial charge in [0.2, 0.25) is 0 Å². The predicted molar refractivity (Wildman–Crippen MR) is 199 cm³/mol. The molecule has 0 saturated carbocycles. The number of rotatable bonds is 18. The normalized spacial score (nSPS) is 13.0. The van der Waals surface area contributed by atoms with Gasteiger partial charge in [0, 0.05) is 25.6 Å². The fourth-order valence-corrected chi connectivity index (χ4v) is 7.33. The molecule has 5 rings (SSSR count). The van der Waals surface area contributed by atoms with Crippen LogP contribution in [0.3, 0.4) is 0 Å². The Hall–Kier alpha value is -2.60. The fourth-order valence-electron chi connectivity index (χ4n) is 6.61. The van der Waals surface area contributed by atoms with E-state index in [0.717, 1.165) is 79.3 Å². The van der Waals surface area contributed by atoms with Crippen molar-refractivity contribution in [3.05, 3.63) is 104 Å². The van der Waals surface area contributed by atoms with Gasteiger partial charge in [0.15, 0.2) is 11.5 Å². The van der Waals surface area contributed by atoms with Crippen LogP contribution in [0.2, 0.25) is 0 Å². The lowest BCUT2D eigenvalue weighted by molar-refractivity contribution is 0.130. The van der Waals surface area contributed by atoms with Crippen molar-refractivity contribution >= 4 is 31.9 Å². The van der Waals surface area contributed by atoms with Crippen LogP contribution in [0.1, 0.15) is 108 Å². The van der Waals surface area contributed by atoms with Gasteiger partial charge in [-0.25, -0.2) is 0 Å². The van der Waals surface area contributed by atoms with E-state index in [1.54, 1.807) is 0 Å². The van der Waals surface area contributed by atoms with Crippen molar-refractivity contribution in [2.45, 2.75) is 96.5 Å². The second kappa shape index (κ2) is 17.0. The van der Waals surface area contributed by atoms with Crippen LogP contribution in [0, 0.1) is 0 Å². The highest BCUT2D eigenvalue weighted by Gasteiger charge is 2.45. The van der Waals surface area contributed by atoms with Gasteiger partial charge in [-0.1, -0.05) is 152 Å². The van der Waals surface area contributed by atoms with Gasteiger partial charge in [0.25, 0.3) is 0 Å². The first-order valence-corrected chi connectivity index (χ1v) is 18.9. The molecule has 1 N–H and O–H groups in total. The Morgan fingerprint density at radius 1 is 0.522 bits per heavy atom. The minimum absolute atomic E-state index is 0.617. The van der Waals surface area contributed by atoms with Crippen LogP contribution in [-0.4, -0.2) is 18.3 Å². The molecule has 1 aliphatic carbocycles. The second-order valence-corrected chi connectivity index (χ2v) is 14.4. The van der Waals surface area contributed by atoms with Crippen LogP contribution in [0.15, 0.2) is 87.8 Å². The first kappa shape index (κ1) is 34.7. The first-order chi connectivity index (χ1) is 22.5. The van der Waals surface area contributed by atoms with Gasteiger partial charge in [-0.05, 0) is 71.5 Å². The number of ether oxygens (including phenoxy) is 2. The Morgan fingerprint density at radius 2 is 0.978 bits per heavy atom. The highest BCUT2D eigenvalue weighted by Crippen LogP contribution is 2.55. The second-order valence-electron chi connectivity index (χ2n) is 12.5. The van der Waals surface area contributed by atoms with Gasteiger partial charge in [0.1, 0.15) is 5.60 Å². The maximum Gasteiger partial charge on any atom is 0.161 e. The summed E-state index contributed by atoms with van der Waals surface area (Å²) in [5, 5.41) is 13.1. The van der Waals surface area contributed by atoms with E-state index in [1.807, 2.05) is 30.3 Å². The molecule has 4 aromatic rings. The van der Waals surface area contributed by atoms with E-state index in [0.29, 0.717) is 19.0 Å². The number of benzene rings is 4. The van der Waals surface area contributed by atoms with Crippen molar-refractivity contribution in [2.24, 2.45) is 0 Å². The molecule has 0 aliphatic heterocycles. The predicted octanol–water partition coefficient (Wildman–Crippen LogP) is 12.6. The summed E-state index contributed by atoms with van der Waals surface area (Å²) in [6, 6.07) is 26.9. The van der Waals surface area contributed by atoms with Crippen molar-refractivity contribution in [3.8, 4) is 33.8 Å². The van der Waals surface area contributed by atoms with Crippen molar-refractivity contribution in [1.82, 2.24) is 0 Å². The van der Waals surface area contributed by atoms with Gasteiger partial charge in [0.05, 0.1) is 13.2 Å². The molecule has 0 spiro atoms. The highest BCUT2D eigenvalue weighted by molar-refractivity contribution is 9.10. The molecule has 0 radical (unpaired) electrons. The zero-order valence-corrected chi connectivity index (χ0v) is 30.6. The van der Waals surface area contributed by atoms with E-state index in [1.165, 1.54) is 51.4 Å². The van der Waals surface area contributed by atoms with Gasteiger partial charge in [-0.15, -0.1) is 0 Å². The summed E-state index contributed by atoms with van der Waals surface area (Å²) < 4.78 is 14.9. The van der Waals surface area contributed by atoms with E-state index < -0.39 is 5.60 Å². The zero-order valence-electron chi connectivity index (χ0n) is 27.4. The third-order valence-electron chi connectivity index (χ3n) is 9.10. The Balaban J connectivity index is 1.57. The minimum atomic E-state index is -1.40. The lowest BCUT2D eigenvalue weighted by Gasteiger charge is -2.30. The largest absolute Gasteiger partial charge is 0.490 e. The molecule has 5 heteroatoms. The average Bonchev–Trinajstić information content (AvgIpc) is 3.31. The molecule has 46 heavy (non-hydrogen) atoms. The maximum absolute atomic E-state index is 13.1. The Morgan fingerprint density at radius 3 is 1.50 bits per heavy atom. The average molecular weight is 749 g/mol. The topological polar surface area (TPSA) is 38.7 Å². The molecule has 1 aliphatic rings. The monoisotopic (exact) mass is 746 g/mol. The molecular formula is C41H48Br2O3. The summed E-state index contributed by atoms with van der Waals surface area (Å²) in [6.07, 6.45) is 14.4. The van der Waals surface area contributed by atoms with E-state index in [9.17, 15) is 5.11 Å². The summed E-state index contributed by atoms with van der Waals surface area (Å²) in [5.74, 6) is 1.44. The molecule has 0 bridgehead atoms. The molecule has 4 aromatic carbocycles. The van der Waals surface area contributed by atoms with Crippen LogP contribution in [0.4, 0.5) is 0 Å². The van der Waals surface area contributed by atoms with Crippen LogP contribution in [0.5, 0.6) is 11.5 Å². The van der Waals surface area contributed by atoms with E-state index >= 15 is 0 Å². The quantitative estimate of drug-likeness (QED) is 0.103. The maximum atomic E-state index is 13.1. The molecular weight excluding hydrogens is 700 g/mol. The first-order valence-electron chi connectivity index (χ1n) is 17.3. The summed E-state index contributed by atoms with van der Waals surface area (Å²) in [4.78, 5) is 0. The van der Waals surface area contributed by atoms with Crippen LogP contribution in [-0.2, 0) is 5.60 Å². The molecule has 0 amide bonds. The molecule has 0 atom stereocenters. The lowest BCUT2D eigenvalue weighted by Crippen LogP contribution is -2.27. The van der Waals surface area contributed by atoms with E-state index in [-0.39, 0.29) is 0 Å². The highest BCUT2D eigenvalue weighted by atomic mass is 79.9. The number of hydrogen-bond acceptors (Lipinski definition) is 3. The number of aliphatic hydroxyl groups is 1. The standard InChI is InChI=1S/C41H48Br2O3/c1-3-5-7-9-11-16-24-45-39-28-35(30-18-14-13-15-19-30)38(29-40(39)46-25-17-12-10-8-6-4-2)41(44)36-26-31(42)20-22-33(36)34-23-21-32(43)27-37(34)41/h13-15,18-23,26-29,44H,3-12,16-17,24-25H2,1-2H3. The molecule has 0 saturated heterocycles. The molecule has 0 heterocycles. The van der Waals surface area contributed by atoms with Crippen molar-refractivity contribution < 1.29 is 14.6 Å². The third-order valence-corrected chi connectivity index (χ3v) is 10.1. The smallest absolute Gasteiger partial charge is 0.161 e. The summed E-state index contributed by atoms with van der Waals surface area (Å²) in [7, 11) is 0. The van der Waals surface area contributed by atoms with E-state index in [4.69, 9.17) is 9.47 Å². The van der Waals surface area contributed by atoms with Gasteiger partial charge >= 0.3 is 0 Å². The molecule has 0 unspecified atom stereocenters. The number of halogens is 2. The van der Waals surface area contributed by atoms with Gasteiger partial charge in [-0.3, -0.25) is 0 Å².